The number of likely N-dealkylation sites (tertiary alicyclic amines) is 2. The molecule has 216 valence electrons. The molecule has 13 heteroatoms. The maximum Gasteiger partial charge on any atom is 0.323 e. The number of aromatic nitrogens is 1. The second-order valence-electron chi connectivity index (χ2n) is 11.5. The third-order valence-corrected chi connectivity index (χ3v) is 12.6. The average Bonchev–Trinajstić information content (AvgIpc) is 3.68. The van der Waals surface area contributed by atoms with Gasteiger partial charge in [-0.05, 0) is 61.6 Å². The van der Waals surface area contributed by atoms with Gasteiger partial charge in [0.25, 0.3) is 5.91 Å². The minimum atomic E-state index is -1.21. The van der Waals surface area contributed by atoms with Gasteiger partial charge >= 0.3 is 10.8 Å². The van der Waals surface area contributed by atoms with Gasteiger partial charge in [-0.1, -0.05) is 27.3 Å². The molecule has 2 saturated heterocycles. The van der Waals surface area contributed by atoms with Crippen LogP contribution in [0, 0.1) is 29.6 Å². The molecule has 6 unspecified atom stereocenters. The van der Waals surface area contributed by atoms with Crippen molar-refractivity contribution in [2.45, 2.75) is 41.9 Å². The molecule has 2 N–H and O–H groups in total. The first-order valence-corrected chi connectivity index (χ1v) is 16.4. The summed E-state index contributed by atoms with van der Waals surface area (Å²) in [5, 5.41) is 10.1. The van der Waals surface area contributed by atoms with Crippen LogP contribution in [0.5, 0.6) is 5.75 Å². The molecule has 1 aromatic carbocycles. The summed E-state index contributed by atoms with van der Waals surface area (Å²) >= 11 is 6.31. The number of hydrogen-bond donors (Lipinski definition) is 2. The number of rotatable bonds is 6. The largest absolute Gasteiger partial charge is 0.483 e. The molecular weight excluding hydrogens is 634 g/mol. The van der Waals surface area contributed by atoms with Gasteiger partial charge in [0.05, 0.1) is 16.9 Å². The van der Waals surface area contributed by atoms with Gasteiger partial charge in [0, 0.05) is 39.2 Å². The SMILES string of the molecule is O=C(O)CN1C(=O)C2C3CC(C2C1=O)C1C3Sc2[nH]c(=O)sc2[C@@H]1c1cc(Br)ccc1OCC(=O)N1CCCCC1. The van der Waals surface area contributed by atoms with Crippen LogP contribution in [0.4, 0.5) is 0 Å². The molecule has 0 radical (unpaired) electrons. The Kier molecular flexibility index (Phi) is 6.81. The number of ether oxygens (including phenoxy) is 1. The number of imide groups is 1. The van der Waals surface area contributed by atoms with Crippen molar-refractivity contribution >= 4 is 62.7 Å². The molecule has 2 saturated carbocycles. The number of amides is 3. The number of H-pyrrole nitrogens is 1. The highest BCUT2D eigenvalue weighted by molar-refractivity contribution is 9.10. The van der Waals surface area contributed by atoms with Crippen molar-refractivity contribution in [3.63, 3.8) is 0 Å². The fourth-order valence-corrected chi connectivity index (χ4v) is 11.2. The van der Waals surface area contributed by atoms with Crippen LogP contribution in [0.3, 0.4) is 0 Å². The van der Waals surface area contributed by atoms with Crippen molar-refractivity contribution in [2.24, 2.45) is 29.6 Å². The van der Waals surface area contributed by atoms with Crippen molar-refractivity contribution in [2.75, 3.05) is 26.2 Å². The van der Waals surface area contributed by atoms with E-state index in [1.807, 2.05) is 23.1 Å². The molecule has 4 heterocycles. The highest BCUT2D eigenvalue weighted by atomic mass is 79.9. The number of thiazole rings is 1. The molecule has 0 spiro atoms. The summed E-state index contributed by atoms with van der Waals surface area (Å²) < 4.78 is 7.02. The maximum atomic E-state index is 13.4. The van der Waals surface area contributed by atoms with Gasteiger partial charge < -0.3 is 19.7 Å². The zero-order valence-electron chi connectivity index (χ0n) is 21.9. The summed E-state index contributed by atoms with van der Waals surface area (Å²) in [5.41, 5.74) is 0.834. The van der Waals surface area contributed by atoms with Crippen LogP contribution in [0.15, 0.2) is 32.5 Å². The molecule has 3 aliphatic heterocycles. The number of benzene rings is 1. The summed E-state index contributed by atoms with van der Waals surface area (Å²) in [6, 6.07) is 5.66. The minimum Gasteiger partial charge on any atom is -0.483 e. The molecule has 10 nitrogen and oxygen atoms in total. The van der Waals surface area contributed by atoms with E-state index in [1.165, 1.54) is 0 Å². The number of aromatic amines is 1. The number of carboxylic acids is 1. The van der Waals surface area contributed by atoms with Gasteiger partial charge in [-0.2, -0.15) is 0 Å². The number of hydrogen-bond acceptors (Lipinski definition) is 8. The van der Waals surface area contributed by atoms with E-state index in [0.717, 1.165) is 68.5 Å². The van der Waals surface area contributed by atoms with E-state index in [-0.39, 0.29) is 46.3 Å². The molecule has 2 aromatic rings. The van der Waals surface area contributed by atoms with Crippen LogP contribution in [0.1, 0.15) is 42.0 Å². The van der Waals surface area contributed by atoms with Crippen LogP contribution in [-0.4, -0.2) is 75.1 Å². The lowest BCUT2D eigenvalue weighted by atomic mass is 9.68. The molecule has 5 aliphatic rings. The lowest BCUT2D eigenvalue weighted by molar-refractivity contribution is -0.149. The number of nitrogens with one attached hydrogen (secondary N) is 1. The number of nitrogens with zero attached hydrogens (tertiary/aromatic N) is 2. The summed E-state index contributed by atoms with van der Waals surface area (Å²) in [4.78, 5) is 70.2. The molecule has 1 aromatic heterocycles. The summed E-state index contributed by atoms with van der Waals surface area (Å²) in [6.07, 6.45) is 3.80. The molecule has 3 amide bonds. The molecule has 4 fully saturated rings. The van der Waals surface area contributed by atoms with Crippen LogP contribution in [0.25, 0.3) is 0 Å². The first kappa shape index (κ1) is 27.2. The van der Waals surface area contributed by atoms with Gasteiger partial charge in [-0.15, -0.1) is 11.8 Å². The summed E-state index contributed by atoms with van der Waals surface area (Å²) in [5.74, 6) is -3.20. The van der Waals surface area contributed by atoms with Crippen LogP contribution < -0.4 is 9.61 Å². The number of thioether (sulfide) groups is 1. The van der Waals surface area contributed by atoms with E-state index in [4.69, 9.17) is 4.74 Å². The molecule has 2 bridgehead atoms. The second-order valence-corrected chi connectivity index (χ2v) is 14.6. The molecular formula is C28H28BrN3O7S2. The topological polar surface area (TPSA) is 137 Å². The zero-order chi connectivity index (χ0) is 28.6. The second kappa shape index (κ2) is 10.3. The Labute approximate surface area is 251 Å². The lowest BCUT2D eigenvalue weighted by Gasteiger charge is -2.43. The smallest absolute Gasteiger partial charge is 0.323 e. The van der Waals surface area contributed by atoms with Crippen LogP contribution in [0.2, 0.25) is 0 Å². The first-order valence-electron chi connectivity index (χ1n) is 13.9. The van der Waals surface area contributed by atoms with Crippen molar-refractivity contribution in [1.29, 1.82) is 0 Å². The van der Waals surface area contributed by atoms with Gasteiger partial charge in [0.2, 0.25) is 11.8 Å². The molecule has 2 aliphatic carbocycles. The van der Waals surface area contributed by atoms with Crippen molar-refractivity contribution in [3.8, 4) is 5.75 Å². The van der Waals surface area contributed by atoms with Crippen molar-refractivity contribution in [3.05, 3.63) is 42.8 Å². The Morgan fingerprint density at radius 1 is 1.07 bits per heavy atom. The number of carbonyl (C=O) groups excluding carboxylic acids is 3. The Balaban J connectivity index is 1.26. The highest BCUT2D eigenvalue weighted by Crippen LogP contribution is 2.69. The average molecular weight is 663 g/mol. The summed E-state index contributed by atoms with van der Waals surface area (Å²) in [6.45, 7) is 0.757. The molecule has 41 heavy (non-hydrogen) atoms. The van der Waals surface area contributed by atoms with E-state index >= 15 is 0 Å². The molecule has 7 atom stereocenters. The van der Waals surface area contributed by atoms with E-state index in [1.54, 1.807) is 11.8 Å². The Morgan fingerprint density at radius 2 is 1.80 bits per heavy atom. The van der Waals surface area contributed by atoms with Crippen LogP contribution >= 0.6 is 39.0 Å². The van der Waals surface area contributed by atoms with Crippen molar-refractivity contribution < 1.29 is 29.0 Å². The monoisotopic (exact) mass is 661 g/mol. The summed E-state index contributed by atoms with van der Waals surface area (Å²) in [7, 11) is 0. The Bertz CT molecular complexity index is 1520. The van der Waals surface area contributed by atoms with Gasteiger partial charge in [-0.25, -0.2) is 0 Å². The van der Waals surface area contributed by atoms with E-state index in [9.17, 15) is 29.1 Å². The number of carbonyl (C=O) groups is 4. The molecule has 7 rings (SSSR count). The van der Waals surface area contributed by atoms with Gasteiger partial charge in [0.1, 0.15) is 12.3 Å². The minimum absolute atomic E-state index is 0.0349. The van der Waals surface area contributed by atoms with Gasteiger partial charge in [0.15, 0.2) is 6.61 Å². The third kappa shape index (κ3) is 4.37. The number of aliphatic carboxylic acids is 1. The van der Waals surface area contributed by atoms with E-state index in [2.05, 4.69) is 20.9 Å². The first-order chi connectivity index (χ1) is 19.7. The van der Waals surface area contributed by atoms with Crippen molar-refractivity contribution in [1.82, 2.24) is 14.8 Å². The standard InChI is InChI=1S/C28H28BrN3O7S2/c29-12-4-5-16(39-11-17(33)31-6-2-1-3-7-31)13(8-12)19-20-14-9-15(23(20)40-25-24(19)41-28(38)30-25)22-21(14)26(36)32(27(22)37)10-18(34)35/h4-5,8,14-15,19-23H,1-3,6-7,9-11H2,(H,30,38)(H,34,35)/t14?,15?,19-,20?,21?,22?,23?/m1/s1. The quantitative estimate of drug-likeness (QED) is 0.451. The normalized spacial score (nSPS) is 31.7. The van der Waals surface area contributed by atoms with E-state index < -0.39 is 36.2 Å². The van der Waals surface area contributed by atoms with Gasteiger partial charge in [-0.3, -0.25) is 28.9 Å². The Hall–Kier alpha value is -2.64. The fourth-order valence-electron chi connectivity index (χ4n) is 7.99. The number of carboxylic acid groups (broad SMARTS) is 1. The van der Waals surface area contributed by atoms with E-state index in [0.29, 0.717) is 12.2 Å². The predicted octanol–water partition coefficient (Wildman–Crippen LogP) is 3.15. The fraction of sp³-hybridized carbons (Fsp3) is 0.536. The number of fused-ring (bicyclic) bond motifs is 9. The third-order valence-electron chi connectivity index (χ3n) is 9.48. The Morgan fingerprint density at radius 3 is 2.54 bits per heavy atom. The van der Waals surface area contributed by atoms with Crippen LogP contribution in [-0.2, 0) is 19.2 Å². The highest BCUT2D eigenvalue weighted by Gasteiger charge is 2.69. The zero-order valence-corrected chi connectivity index (χ0v) is 25.1. The predicted molar refractivity (Wildman–Crippen MR) is 153 cm³/mol. The maximum absolute atomic E-state index is 13.4. The lowest BCUT2D eigenvalue weighted by Crippen LogP contribution is -2.43. The number of halogens is 1. The number of piperidine rings is 1.